The zero-order valence-corrected chi connectivity index (χ0v) is 30.9. The molecule has 0 bridgehead atoms. The summed E-state index contributed by atoms with van der Waals surface area (Å²) >= 11 is 0. The van der Waals surface area contributed by atoms with Gasteiger partial charge in [-0.2, -0.15) is 0 Å². The van der Waals surface area contributed by atoms with Crippen molar-refractivity contribution in [1.29, 1.82) is 0 Å². The van der Waals surface area contributed by atoms with Gasteiger partial charge in [0, 0.05) is 12.9 Å². The Morgan fingerprint density at radius 2 is 1.64 bits per heavy atom. The number of aryl methyl sites for hydroxylation is 1. The predicted molar refractivity (Wildman–Crippen MR) is 188 cm³/mol. The molecule has 0 aliphatic heterocycles. The van der Waals surface area contributed by atoms with Crippen molar-refractivity contribution in [2.45, 2.75) is 137 Å². The van der Waals surface area contributed by atoms with Gasteiger partial charge < -0.3 is 9.47 Å². The highest BCUT2D eigenvalue weighted by Crippen LogP contribution is 2.67. The summed E-state index contributed by atoms with van der Waals surface area (Å²) < 4.78 is 33.8. The van der Waals surface area contributed by atoms with Crippen LogP contribution in [0, 0.1) is 53.3 Å². The molecule has 256 valence electrons. The van der Waals surface area contributed by atoms with Crippen molar-refractivity contribution in [3.8, 4) is 0 Å². The van der Waals surface area contributed by atoms with Gasteiger partial charge in [-0.05, 0) is 123 Å². The Balaban J connectivity index is 0.000000354. The largest absolute Gasteiger partial charge is 0.379 e. The van der Waals surface area contributed by atoms with E-state index in [-0.39, 0.29) is 0 Å². The molecule has 45 heavy (non-hydrogen) atoms. The lowest BCUT2D eigenvalue weighted by Crippen LogP contribution is -2.51. The monoisotopic (exact) mass is 642 g/mol. The highest BCUT2D eigenvalue weighted by atomic mass is 32.2. The summed E-state index contributed by atoms with van der Waals surface area (Å²) in [6, 6.07) is 6.81. The number of allylic oxidation sites excluding steroid dienone is 1. The van der Waals surface area contributed by atoms with E-state index in [4.69, 9.17) is 9.47 Å². The SMILES string of the molecule is CCCOCCOC1CCC2(C)C(=CC[C@@H]3[C@@H]2CCC2(C)[C@@H]([C@H](C)CCCC(C)C)CC[C@@H]32)C1.Cc1ccc(S(C)(=O)=O)cc1. The van der Waals surface area contributed by atoms with Crippen LogP contribution in [0.5, 0.6) is 0 Å². The number of fused-ring (bicyclic) bond motifs is 5. The van der Waals surface area contributed by atoms with Crippen molar-refractivity contribution in [1.82, 2.24) is 0 Å². The van der Waals surface area contributed by atoms with E-state index in [1.807, 2.05) is 6.92 Å². The minimum atomic E-state index is -3.02. The number of rotatable bonds is 12. The fourth-order valence-electron chi connectivity index (χ4n) is 10.1. The van der Waals surface area contributed by atoms with Gasteiger partial charge >= 0.3 is 0 Å². The van der Waals surface area contributed by atoms with E-state index in [1.165, 1.54) is 76.9 Å². The van der Waals surface area contributed by atoms with Gasteiger partial charge in [0.15, 0.2) is 9.84 Å². The van der Waals surface area contributed by atoms with Crippen LogP contribution < -0.4 is 0 Å². The van der Waals surface area contributed by atoms with Crippen molar-refractivity contribution < 1.29 is 17.9 Å². The molecular formula is C40H66O4S. The first-order valence-corrected chi connectivity index (χ1v) is 20.3. The van der Waals surface area contributed by atoms with Crippen LogP contribution in [0.1, 0.15) is 124 Å². The van der Waals surface area contributed by atoms with Crippen LogP contribution in [0.2, 0.25) is 0 Å². The van der Waals surface area contributed by atoms with Crippen molar-refractivity contribution in [3.63, 3.8) is 0 Å². The second kappa shape index (κ2) is 15.8. The molecule has 0 saturated heterocycles. The fourth-order valence-corrected chi connectivity index (χ4v) is 10.7. The first-order valence-electron chi connectivity index (χ1n) is 18.4. The van der Waals surface area contributed by atoms with Gasteiger partial charge in [-0.3, -0.25) is 0 Å². The molecule has 0 aromatic heterocycles. The van der Waals surface area contributed by atoms with Gasteiger partial charge in [0.2, 0.25) is 0 Å². The minimum absolute atomic E-state index is 0.378. The molecule has 3 saturated carbocycles. The van der Waals surface area contributed by atoms with Gasteiger partial charge in [-0.15, -0.1) is 0 Å². The molecule has 4 aliphatic carbocycles. The van der Waals surface area contributed by atoms with E-state index < -0.39 is 9.84 Å². The van der Waals surface area contributed by atoms with E-state index in [2.05, 4.69) is 47.6 Å². The van der Waals surface area contributed by atoms with E-state index in [0.717, 1.165) is 67.3 Å². The molecular weight excluding hydrogens is 577 g/mol. The van der Waals surface area contributed by atoms with Crippen LogP contribution in [0.3, 0.4) is 0 Å². The van der Waals surface area contributed by atoms with Crippen molar-refractivity contribution in [2.75, 3.05) is 26.1 Å². The quantitative estimate of drug-likeness (QED) is 0.168. The standard InChI is InChI=1S/C32H56O2.C8H10O2S/c1-7-19-33-20-21-34-26-15-17-31(5)25(22-26)11-12-27-29-14-13-28(24(4)10-8-9-23(2)3)32(29,6)18-16-30(27)31;1-7-3-5-8(6-4-7)11(2,9)10/h11,23-24,26-30H,7-10,12-22H2,1-6H3;3-6H,1-2H3/t24-,26?,27+,28-,29+,30+,31?,32?;/m1./s1. The number of benzene rings is 1. The number of hydrogen-bond acceptors (Lipinski definition) is 4. The third-order valence-electron chi connectivity index (χ3n) is 12.6. The lowest BCUT2D eigenvalue weighted by molar-refractivity contribution is -0.0677. The Hall–Kier alpha value is -1.17. The molecule has 0 radical (unpaired) electrons. The molecule has 8 atom stereocenters. The van der Waals surface area contributed by atoms with E-state index in [1.54, 1.807) is 29.8 Å². The van der Waals surface area contributed by atoms with Crippen LogP contribution in [-0.4, -0.2) is 40.6 Å². The van der Waals surface area contributed by atoms with Crippen LogP contribution in [0.15, 0.2) is 40.8 Å². The van der Waals surface area contributed by atoms with Crippen LogP contribution in [-0.2, 0) is 19.3 Å². The first-order chi connectivity index (χ1) is 21.3. The predicted octanol–water partition coefficient (Wildman–Crippen LogP) is 10.2. The van der Waals surface area contributed by atoms with Crippen LogP contribution in [0.25, 0.3) is 0 Å². The second-order valence-electron chi connectivity index (χ2n) is 16.2. The number of sulfone groups is 1. The van der Waals surface area contributed by atoms with E-state index in [0.29, 0.717) is 21.8 Å². The summed E-state index contributed by atoms with van der Waals surface area (Å²) in [5.74, 6) is 5.53. The summed E-state index contributed by atoms with van der Waals surface area (Å²) in [5, 5.41) is 0. The van der Waals surface area contributed by atoms with Gasteiger partial charge in [-0.1, -0.05) is 90.2 Å². The molecule has 4 nitrogen and oxygen atoms in total. The normalized spacial score (nSPS) is 33.4. The third kappa shape index (κ3) is 8.85. The lowest BCUT2D eigenvalue weighted by Gasteiger charge is -2.58. The average Bonchev–Trinajstić information content (AvgIpc) is 3.34. The first kappa shape index (κ1) is 36.7. The Morgan fingerprint density at radius 1 is 0.911 bits per heavy atom. The topological polar surface area (TPSA) is 52.6 Å². The van der Waals surface area contributed by atoms with E-state index in [9.17, 15) is 8.42 Å². The average molecular weight is 643 g/mol. The summed E-state index contributed by atoms with van der Waals surface area (Å²) in [6.45, 7) is 19.2. The fraction of sp³-hybridized carbons (Fsp3) is 0.800. The summed E-state index contributed by atoms with van der Waals surface area (Å²) in [7, 11) is -3.02. The molecule has 5 rings (SSSR count). The second-order valence-corrected chi connectivity index (χ2v) is 18.2. The highest BCUT2D eigenvalue weighted by molar-refractivity contribution is 7.90. The zero-order valence-electron chi connectivity index (χ0n) is 30.1. The molecule has 4 aliphatic rings. The highest BCUT2D eigenvalue weighted by Gasteiger charge is 2.59. The van der Waals surface area contributed by atoms with Gasteiger partial charge in [0.05, 0.1) is 24.2 Å². The molecule has 1 aromatic carbocycles. The maximum atomic E-state index is 10.9. The van der Waals surface area contributed by atoms with Gasteiger partial charge in [0.1, 0.15) is 0 Å². The molecule has 0 spiro atoms. The zero-order chi connectivity index (χ0) is 32.8. The molecule has 1 aromatic rings. The molecule has 3 fully saturated rings. The minimum Gasteiger partial charge on any atom is -0.379 e. The number of ether oxygens (including phenoxy) is 2. The Bertz CT molecular complexity index is 1200. The van der Waals surface area contributed by atoms with Crippen LogP contribution >= 0.6 is 0 Å². The summed E-state index contributed by atoms with van der Waals surface area (Å²) in [6.07, 6.45) is 20.7. The van der Waals surface area contributed by atoms with Crippen LogP contribution in [0.4, 0.5) is 0 Å². The Labute approximate surface area is 277 Å². The van der Waals surface area contributed by atoms with Gasteiger partial charge in [-0.25, -0.2) is 8.42 Å². The number of hydrogen-bond donors (Lipinski definition) is 0. The third-order valence-corrected chi connectivity index (χ3v) is 13.8. The smallest absolute Gasteiger partial charge is 0.175 e. The molecule has 0 amide bonds. The molecule has 5 heteroatoms. The molecule has 0 N–H and O–H groups in total. The Kier molecular flexibility index (Phi) is 12.9. The molecule has 3 unspecified atom stereocenters. The summed E-state index contributed by atoms with van der Waals surface area (Å²) in [5.41, 5.74) is 3.85. The maximum Gasteiger partial charge on any atom is 0.175 e. The van der Waals surface area contributed by atoms with Crippen molar-refractivity contribution in [2.24, 2.45) is 46.3 Å². The Morgan fingerprint density at radius 3 is 2.31 bits per heavy atom. The van der Waals surface area contributed by atoms with Gasteiger partial charge in [0.25, 0.3) is 0 Å². The van der Waals surface area contributed by atoms with Crippen molar-refractivity contribution >= 4 is 9.84 Å². The van der Waals surface area contributed by atoms with Crippen molar-refractivity contribution in [3.05, 3.63) is 41.5 Å². The lowest BCUT2D eigenvalue weighted by atomic mass is 9.47. The molecule has 0 heterocycles. The van der Waals surface area contributed by atoms with E-state index >= 15 is 0 Å². The summed E-state index contributed by atoms with van der Waals surface area (Å²) in [4.78, 5) is 0.378. The maximum absolute atomic E-state index is 10.9.